The highest BCUT2D eigenvalue weighted by Crippen LogP contribution is 2.18. The Morgan fingerprint density at radius 2 is 1.80 bits per heavy atom. The van der Waals surface area contributed by atoms with Crippen molar-refractivity contribution in [3.05, 3.63) is 0 Å². The van der Waals surface area contributed by atoms with E-state index in [-0.39, 0.29) is 5.92 Å². The highest BCUT2D eigenvalue weighted by atomic mass is 35.7. The monoisotopic (exact) mass is 184 g/mol. The van der Waals surface area contributed by atoms with Crippen molar-refractivity contribution < 1.29 is 8.42 Å². The van der Waals surface area contributed by atoms with Crippen LogP contribution in [0.5, 0.6) is 0 Å². The minimum Gasteiger partial charge on any atom is -0.212 e. The molecule has 0 radical (unpaired) electrons. The first kappa shape index (κ1) is 10.2. The third kappa shape index (κ3) is 2.88. The van der Waals surface area contributed by atoms with E-state index in [1.54, 1.807) is 6.92 Å². The third-order valence-corrected chi connectivity index (χ3v) is 4.09. The fourth-order valence-corrected chi connectivity index (χ4v) is 1.88. The summed E-state index contributed by atoms with van der Waals surface area (Å²) in [4.78, 5) is 0. The largest absolute Gasteiger partial charge is 0.235 e. The lowest BCUT2D eigenvalue weighted by molar-refractivity contribution is 0.518. The fourth-order valence-electron chi connectivity index (χ4n) is 0.609. The first-order valence-corrected chi connectivity index (χ1v) is 5.70. The van der Waals surface area contributed by atoms with Gasteiger partial charge in [-0.05, 0) is 12.8 Å². The van der Waals surface area contributed by atoms with E-state index in [2.05, 4.69) is 0 Å². The molecule has 2 unspecified atom stereocenters. The summed E-state index contributed by atoms with van der Waals surface area (Å²) in [5, 5.41) is -0.431. The molecule has 0 aromatic heterocycles. The summed E-state index contributed by atoms with van der Waals surface area (Å²) in [5.41, 5.74) is 0. The Morgan fingerprint density at radius 1 is 1.40 bits per heavy atom. The van der Waals surface area contributed by atoms with Crippen molar-refractivity contribution in [2.45, 2.75) is 32.4 Å². The molecule has 10 heavy (non-hydrogen) atoms. The molecular formula is C6H13ClO2S. The Balaban J connectivity index is 4.23. The molecule has 0 rings (SSSR count). The molecule has 0 heterocycles. The van der Waals surface area contributed by atoms with E-state index in [9.17, 15) is 8.42 Å². The molecule has 0 bridgehead atoms. The second kappa shape index (κ2) is 3.58. The second-order valence-electron chi connectivity index (χ2n) is 2.57. The van der Waals surface area contributed by atoms with Crippen molar-refractivity contribution in [3.8, 4) is 0 Å². The molecule has 0 fully saturated rings. The first-order chi connectivity index (χ1) is 4.39. The Labute approximate surface area is 67.0 Å². The Morgan fingerprint density at radius 3 is 1.90 bits per heavy atom. The second-order valence-corrected chi connectivity index (χ2v) is 5.55. The SMILES string of the molecule is CCC(C)C(C)S(=O)(=O)Cl. The predicted molar refractivity (Wildman–Crippen MR) is 43.7 cm³/mol. The molecule has 0 spiro atoms. The quantitative estimate of drug-likeness (QED) is 0.629. The van der Waals surface area contributed by atoms with Gasteiger partial charge in [-0.1, -0.05) is 20.3 Å². The Kier molecular flexibility index (Phi) is 3.66. The summed E-state index contributed by atoms with van der Waals surface area (Å²) in [5.74, 6) is 0.141. The first-order valence-electron chi connectivity index (χ1n) is 3.33. The molecule has 0 saturated carbocycles. The van der Waals surface area contributed by atoms with E-state index in [1.165, 1.54) is 0 Å². The molecule has 0 aliphatic rings. The lowest BCUT2D eigenvalue weighted by Gasteiger charge is -2.13. The van der Waals surface area contributed by atoms with Gasteiger partial charge in [0.15, 0.2) is 0 Å². The summed E-state index contributed by atoms with van der Waals surface area (Å²) >= 11 is 0. The lowest BCUT2D eigenvalue weighted by atomic mass is 10.1. The van der Waals surface area contributed by atoms with Gasteiger partial charge >= 0.3 is 0 Å². The van der Waals surface area contributed by atoms with Crippen LogP contribution in [-0.2, 0) is 9.05 Å². The van der Waals surface area contributed by atoms with Crippen LogP contribution in [0.15, 0.2) is 0 Å². The van der Waals surface area contributed by atoms with Gasteiger partial charge in [-0.15, -0.1) is 0 Å². The Hall–Kier alpha value is 0.240. The zero-order valence-electron chi connectivity index (χ0n) is 6.46. The zero-order chi connectivity index (χ0) is 8.36. The lowest BCUT2D eigenvalue weighted by Crippen LogP contribution is -2.20. The van der Waals surface area contributed by atoms with E-state index in [0.717, 1.165) is 6.42 Å². The van der Waals surface area contributed by atoms with E-state index in [4.69, 9.17) is 10.7 Å². The van der Waals surface area contributed by atoms with Crippen molar-refractivity contribution in [1.29, 1.82) is 0 Å². The Bertz CT molecular complexity index is 186. The third-order valence-electron chi connectivity index (χ3n) is 1.89. The van der Waals surface area contributed by atoms with Crippen molar-refractivity contribution in [2.75, 3.05) is 0 Å². The normalized spacial score (nSPS) is 18.4. The molecule has 2 nitrogen and oxygen atoms in total. The molecule has 0 N–H and O–H groups in total. The minimum atomic E-state index is -3.34. The number of halogens is 1. The smallest absolute Gasteiger partial charge is 0.212 e. The van der Waals surface area contributed by atoms with Gasteiger partial charge in [-0.2, -0.15) is 0 Å². The standard InChI is InChI=1S/C6H13ClO2S/c1-4-5(2)6(3)10(7,8)9/h5-6H,4H2,1-3H3. The zero-order valence-corrected chi connectivity index (χ0v) is 8.04. The number of hydrogen-bond acceptors (Lipinski definition) is 2. The summed E-state index contributed by atoms with van der Waals surface area (Å²) in [6.45, 7) is 5.46. The summed E-state index contributed by atoms with van der Waals surface area (Å²) < 4.78 is 21.4. The average Bonchev–Trinajstić information content (AvgIpc) is 1.83. The highest BCUT2D eigenvalue weighted by molar-refractivity contribution is 8.14. The van der Waals surface area contributed by atoms with Gasteiger partial charge in [0.1, 0.15) is 0 Å². The summed E-state index contributed by atoms with van der Waals surface area (Å²) in [7, 11) is 1.79. The van der Waals surface area contributed by atoms with E-state index in [0.29, 0.717) is 0 Å². The molecule has 0 aliphatic heterocycles. The maximum atomic E-state index is 10.7. The van der Waals surface area contributed by atoms with Gasteiger partial charge < -0.3 is 0 Å². The number of rotatable bonds is 3. The van der Waals surface area contributed by atoms with Crippen LogP contribution in [0, 0.1) is 5.92 Å². The van der Waals surface area contributed by atoms with Gasteiger partial charge in [0.05, 0.1) is 5.25 Å². The van der Waals surface area contributed by atoms with Crippen LogP contribution in [0.4, 0.5) is 0 Å². The molecule has 0 aromatic carbocycles. The van der Waals surface area contributed by atoms with Crippen molar-refractivity contribution >= 4 is 19.7 Å². The van der Waals surface area contributed by atoms with Gasteiger partial charge in [-0.25, -0.2) is 8.42 Å². The van der Waals surface area contributed by atoms with Gasteiger partial charge in [0, 0.05) is 10.7 Å². The van der Waals surface area contributed by atoms with Crippen LogP contribution in [-0.4, -0.2) is 13.7 Å². The van der Waals surface area contributed by atoms with Crippen molar-refractivity contribution in [2.24, 2.45) is 5.92 Å². The van der Waals surface area contributed by atoms with Crippen LogP contribution in [0.3, 0.4) is 0 Å². The molecule has 0 aromatic rings. The maximum Gasteiger partial charge on any atom is 0.235 e. The van der Waals surface area contributed by atoms with Crippen LogP contribution in [0.1, 0.15) is 27.2 Å². The van der Waals surface area contributed by atoms with Gasteiger partial charge in [0.2, 0.25) is 9.05 Å². The van der Waals surface area contributed by atoms with Crippen LogP contribution >= 0.6 is 10.7 Å². The van der Waals surface area contributed by atoms with E-state index >= 15 is 0 Å². The van der Waals surface area contributed by atoms with Crippen molar-refractivity contribution in [1.82, 2.24) is 0 Å². The molecule has 0 amide bonds. The molecule has 0 saturated heterocycles. The van der Waals surface area contributed by atoms with Crippen molar-refractivity contribution in [3.63, 3.8) is 0 Å². The minimum absolute atomic E-state index is 0.141. The average molecular weight is 185 g/mol. The summed E-state index contributed by atoms with van der Waals surface area (Å²) in [6.07, 6.45) is 0.840. The van der Waals surface area contributed by atoms with Crippen LogP contribution < -0.4 is 0 Å². The summed E-state index contributed by atoms with van der Waals surface area (Å²) in [6, 6.07) is 0. The van der Waals surface area contributed by atoms with Crippen LogP contribution in [0.25, 0.3) is 0 Å². The molecule has 4 heteroatoms. The van der Waals surface area contributed by atoms with Crippen LogP contribution in [0.2, 0.25) is 0 Å². The van der Waals surface area contributed by atoms with E-state index < -0.39 is 14.3 Å². The fraction of sp³-hybridized carbons (Fsp3) is 1.00. The molecule has 0 aliphatic carbocycles. The number of hydrogen-bond donors (Lipinski definition) is 0. The molecule has 2 atom stereocenters. The van der Waals surface area contributed by atoms with Gasteiger partial charge in [-0.3, -0.25) is 0 Å². The predicted octanol–water partition coefficient (Wildman–Crippen LogP) is 1.99. The molecule has 62 valence electrons. The highest BCUT2D eigenvalue weighted by Gasteiger charge is 2.22. The maximum absolute atomic E-state index is 10.7. The molecular weight excluding hydrogens is 172 g/mol. The van der Waals surface area contributed by atoms with Gasteiger partial charge in [0.25, 0.3) is 0 Å². The van der Waals surface area contributed by atoms with E-state index in [1.807, 2.05) is 13.8 Å². The topological polar surface area (TPSA) is 34.1 Å².